The van der Waals surface area contributed by atoms with E-state index in [9.17, 15) is 21.6 Å². The average molecular weight is 343 g/mol. The molecule has 1 aromatic carbocycles. The Hall–Kier alpha value is -1.34. The zero-order valence-corrected chi connectivity index (χ0v) is 12.0. The largest absolute Gasteiger partial charge is 0.402 e. The average Bonchev–Trinajstić information content (AvgIpc) is 2.37. The van der Waals surface area contributed by atoms with Crippen molar-refractivity contribution in [1.29, 1.82) is 5.26 Å². The lowest BCUT2D eigenvalue weighted by Gasteiger charge is -2.23. The minimum Gasteiger partial charge on any atom is -0.395 e. The summed E-state index contributed by atoms with van der Waals surface area (Å²) in [4.78, 5) is -0.610. The summed E-state index contributed by atoms with van der Waals surface area (Å²) < 4.78 is 61.8. The van der Waals surface area contributed by atoms with Crippen molar-refractivity contribution in [3.05, 3.63) is 28.8 Å². The van der Waals surface area contributed by atoms with Gasteiger partial charge in [0.1, 0.15) is 11.4 Å². The molecule has 1 aromatic rings. The third-order valence-corrected chi connectivity index (χ3v) is 4.71. The lowest BCUT2D eigenvalue weighted by Crippen LogP contribution is -2.40. The Labute approximate surface area is 124 Å². The fourth-order valence-corrected chi connectivity index (χ4v) is 3.42. The molecule has 0 heterocycles. The number of hydrogen-bond acceptors (Lipinski definition) is 4. The van der Waals surface area contributed by atoms with Crippen molar-refractivity contribution >= 4 is 21.6 Å². The number of aliphatic hydroxyl groups is 1. The summed E-state index contributed by atoms with van der Waals surface area (Å²) >= 11 is 5.69. The Kier molecular flexibility index (Phi) is 5.58. The molecule has 5 nitrogen and oxygen atoms in total. The van der Waals surface area contributed by atoms with Crippen LogP contribution in [0.3, 0.4) is 0 Å². The van der Waals surface area contributed by atoms with Gasteiger partial charge in [0.25, 0.3) is 0 Å². The van der Waals surface area contributed by atoms with E-state index in [4.69, 9.17) is 22.0 Å². The third kappa shape index (κ3) is 4.57. The van der Waals surface area contributed by atoms with E-state index < -0.39 is 40.8 Å². The van der Waals surface area contributed by atoms with Crippen molar-refractivity contribution in [2.75, 3.05) is 19.7 Å². The van der Waals surface area contributed by atoms with Gasteiger partial charge in [-0.05, 0) is 18.2 Å². The first-order valence-corrected chi connectivity index (χ1v) is 7.31. The molecule has 0 bridgehead atoms. The first-order chi connectivity index (χ1) is 9.61. The van der Waals surface area contributed by atoms with Crippen molar-refractivity contribution in [3.8, 4) is 6.07 Å². The molecule has 0 spiro atoms. The molecule has 1 rings (SSSR count). The molecular formula is C11H10ClF3N2O3S. The summed E-state index contributed by atoms with van der Waals surface area (Å²) in [6.45, 7) is -3.29. The predicted octanol–water partition coefficient (Wildman–Crippen LogP) is 1.76. The van der Waals surface area contributed by atoms with Gasteiger partial charge in [0, 0.05) is 6.54 Å². The molecule has 0 aliphatic carbocycles. The van der Waals surface area contributed by atoms with Crippen LogP contribution < -0.4 is 0 Å². The molecule has 0 saturated heterocycles. The van der Waals surface area contributed by atoms with Gasteiger partial charge < -0.3 is 5.11 Å². The first kappa shape index (κ1) is 17.7. The van der Waals surface area contributed by atoms with Crippen molar-refractivity contribution in [3.63, 3.8) is 0 Å². The van der Waals surface area contributed by atoms with Crippen LogP contribution in [0.2, 0.25) is 5.02 Å². The van der Waals surface area contributed by atoms with Gasteiger partial charge in [-0.3, -0.25) is 0 Å². The van der Waals surface area contributed by atoms with Crippen molar-refractivity contribution in [2.45, 2.75) is 11.1 Å². The quantitative estimate of drug-likeness (QED) is 0.884. The molecule has 0 saturated carbocycles. The van der Waals surface area contributed by atoms with Crippen LogP contribution in [-0.2, 0) is 10.0 Å². The third-order valence-electron chi connectivity index (χ3n) is 2.38. The van der Waals surface area contributed by atoms with E-state index in [-0.39, 0.29) is 14.9 Å². The monoisotopic (exact) mass is 342 g/mol. The minimum absolute atomic E-state index is 0.0612. The number of hydrogen-bond donors (Lipinski definition) is 1. The van der Waals surface area contributed by atoms with Crippen LogP contribution in [0.1, 0.15) is 5.56 Å². The fraction of sp³-hybridized carbons (Fsp3) is 0.364. The molecule has 0 aromatic heterocycles. The Morgan fingerprint density at radius 3 is 2.48 bits per heavy atom. The van der Waals surface area contributed by atoms with Gasteiger partial charge in [-0.25, -0.2) is 8.42 Å². The van der Waals surface area contributed by atoms with Crippen LogP contribution >= 0.6 is 11.6 Å². The molecular weight excluding hydrogens is 333 g/mol. The molecule has 10 heteroatoms. The van der Waals surface area contributed by atoms with Crippen molar-refractivity contribution in [1.82, 2.24) is 4.31 Å². The summed E-state index contributed by atoms with van der Waals surface area (Å²) in [5, 5.41) is 17.2. The van der Waals surface area contributed by atoms with Gasteiger partial charge in [0.05, 0.1) is 23.3 Å². The van der Waals surface area contributed by atoms with Crippen LogP contribution in [0.25, 0.3) is 0 Å². The summed E-state index contributed by atoms with van der Waals surface area (Å²) in [5.74, 6) is 0. The maximum Gasteiger partial charge on any atom is 0.402 e. The number of benzene rings is 1. The number of halogens is 4. The topological polar surface area (TPSA) is 81.4 Å². The maximum absolute atomic E-state index is 12.4. The molecule has 0 amide bonds. The fourth-order valence-electron chi connectivity index (χ4n) is 1.51. The highest BCUT2D eigenvalue weighted by molar-refractivity contribution is 7.89. The van der Waals surface area contributed by atoms with Gasteiger partial charge in [-0.15, -0.1) is 0 Å². The van der Waals surface area contributed by atoms with Gasteiger partial charge in [-0.2, -0.15) is 22.7 Å². The maximum atomic E-state index is 12.4. The molecule has 0 aliphatic rings. The van der Waals surface area contributed by atoms with Crippen LogP contribution in [0.5, 0.6) is 0 Å². The molecule has 116 valence electrons. The Morgan fingerprint density at radius 2 is 2.00 bits per heavy atom. The highest BCUT2D eigenvalue weighted by atomic mass is 35.5. The van der Waals surface area contributed by atoms with E-state index in [2.05, 4.69) is 0 Å². The number of aliphatic hydroxyl groups excluding tert-OH is 1. The van der Waals surface area contributed by atoms with Crippen molar-refractivity contribution < 1.29 is 26.7 Å². The number of rotatable bonds is 5. The van der Waals surface area contributed by atoms with Crippen LogP contribution in [0, 0.1) is 11.3 Å². The highest BCUT2D eigenvalue weighted by Gasteiger charge is 2.37. The molecule has 0 unspecified atom stereocenters. The molecule has 0 fully saturated rings. The highest BCUT2D eigenvalue weighted by Crippen LogP contribution is 2.28. The summed E-state index contributed by atoms with van der Waals surface area (Å²) in [6, 6.07) is 4.91. The van der Waals surface area contributed by atoms with Gasteiger partial charge in [-0.1, -0.05) is 11.6 Å². The SMILES string of the molecule is N#Cc1ccc(Cl)c(S(=O)(=O)N(CCO)CC(F)(F)F)c1. The Morgan fingerprint density at radius 1 is 1.38 bits per heavy atom. The normalized spacial score (nSPS) is 12.4. The van der Waals surface area contributed by atoms with E-state index in [0.29, 0.717) is 0 Å². The number of nitriles is 1. The standard InChI is InChI=1S/C11H10ClF3N2O3S/c12-9-2-1-8(6-16)5-10(9)21(19,20)17(3-4-18)7-11(13,14)15/h1-2,5,18H,3-4,7H2. The Bertz CT molecular complexity index is 656. The van der Waals surface area contributed by atoms with Gasteiger partial charge >= 0.3 is 6.18 Å². The molecule has 0 atom stereocenters. The Balaban J connectivity index is 3.32. The van der Waals surface area contributed by atoms with E-state index in [1.807, 2.05) is 0 Å². The summed E-state index contributed by atoms with van der Waals surface area (Å²) in [7, 11) is -4.59. The van der Waals surface area contributed by atoms with Gasteiger partial charge in [0.15, 0.2) is 0 Å². The second-order valence-corrected chi connectivity index (χ2v) is 6.25. The lowest BCUT2D eigenvalue weighted by molar-refractivity contribution is -0.136. The van der Waals surface area contributed by atoms with Gasteiger partial charge in [0.2, 0.25) is 10.0 Å². The van der Waals surface area contributed by atoms with Crippen LogP contribution in [-0.4, -0.2) is 43.7 Å². The van der Waals surface area contributed by atoms with Crippen LogP contribution in [0.4, 0.5) is 13.2 Å². The predicted molar refractivity (Wildman–Crippen MR) is 68.1 cm³/mol. The van der Waals surface area contributed by atoms with E-state index in [1.165, 1.54) is 6.07 Å². The summed E-state index contributed by atoms with van der Waals surface area (Å²) in [6.07, 6.45) is -4.78. The molecule has 0 radical (unpaired) electrons. The minimum atomic E-state index is -4.78. The summed E-state index contributed by atoms with van der Waals surface area (Å²) in [5.41, 5.74) is -0.0612. The zero-order chi connectivity index (χ0) is 16.3. The number of sulfonamides is 1. The lowest BCUT2D eigenvalue weighted by atomic mass is 10.2. The van der Waals surface area contributed by atoms with E-state index in [1.54, 1.807) is 6.07 Å². The van der Waals surface area contributed by atoms with E-state index >= 15 is 0 Å². The first-order valence-electron chi connectivity index (χ1n) is 5.49. The van der Waals surface area contributed by atoms with Crippen molar-refractivity contribution in [2.24, 2.45) is 0 Å². The zero-order valence-electron chi connectivity index (χ0n) is 10.4. The second kappa shape index (κ2) is 6.62. The van der Waals surface area contributed by atoms with Crippen LogP contribution in [0.15, 0.2) is 23.1 Å². The number of alkyl halides is 3. The smallest absolute Gasteiger partial charge is 0.395 e. The number of nitrogens with zero attached hydrogens (tertiary/aromatic N) is 2. The molecule has 0 aliphatic heterocycles. The molecule has 21 heavy (non-hydrogen) atoms. The van der Waals surface area contributed by atoms with E-state index in [0.717, 1.165) is 12.1 Å². The molecule has 1 N–H and O–H groups in total. The second-order valence-electron chi connectivity index (χ2n) is 3.93.